The molecule has 0 fully saturated rings. The highest BCUT2D eigenvalue weighted by atomic mass is 32.2. The van der Waals surface area contributed by atoms with Gasteiger partial charge in [0.1, 0.15) is 0 Å². The molecule has 2 heterocycles. The van der Waals surface area contributed by atoms with Crippen molar-refractivity contribution in [3.63, 3.8) is 0 Å². The Labute approximate surface area is 202 Å². The van der Waals surface area contributed by atoms with Gasteiger partial charge in [-0.3, -0.25) is 19.1 Å². The highest BCUT2D eigenvalue weighted by molar-refractivity contribution is 7.99. The van der Waals surface area contributed by atoms with E-state index in [-0.39, 0.29) is 17.6 Å². The van der Waals surface area contributed by atoms with Gasteiger partial charge in [0.15, 0.2) is 5.16 Å². The molecular formula is C26H25N5O2S. The number of imidazole rings is 1. The van der Waals surface area contributed by atoms with Gasteiger partial charge in [0.05, 0.1) is 23.7 Å². The molecule has 2 amide bonds. The Morgan fingerprint density at radius 1 is 0.971 bits per heavy atom. The Morgan fingerprint density at radius 2 is 1.82 bits per heavy atom. The van der Waals surface area contributed by atoms with Crippen LogP contribution in [0.15, 0.2) is 84.4 Å². The first-order valence-corrected chi connectivity index (χ1v) is 11.8. The second-order valence-corrected chi connectivity index (χ2v) is 8.66. The van der Waals surface area contributed by atoms with Crippen LogP contribution in [0.2, 0.25) is 0 Å². The number of aryl methyl sites for hydroxylation is 1. The molecule has 0 saturated carbocycles. The number of aromatic nitrogens is 3. The molecule has 0 saturated heterocycles. The first-order chi connectivity index (χ1) is 16.5. The molecule has 0 spiro atoms. The lowest BCUT2D eigenvalue weighted by molar-refractivity contribution is -0.113. The number of benzene rings is 2. The van der Waals surface area contributed by atoms with Crippen LogP contribution in [0.4, 0.5) is 5.69 Å². The van der Waals surface area contributed by atoms with Crippen molar-refractivity contribution >= 4 is 29.3 Å². The summed E-state index contributed by atoms with van der Waals surface area (Å²) in [7, 11) is 0. The minimum Gasteiger partial charge on any atom is -0.346 e. The molecule has 34 heavy (non-hydrogen) atoms. The Balaban J connectivity index is 1.35. The molecule has 0 bridgehead atoms. The lowest BCUT2D eigenvalue weighted by Gasteiger charge is -2.12. The van der Waals surface area contributed by atoms with Crippen molar-refractivity contribution in [2.45, 2.75) is 25.5 Å². The number of hydrogen-bond donors (Lipinski definition) is 2. The standard InChI is InChI=1S/C26H25N5O2S/c1-18-7-5-11-23(19(18)2)31-14-13-28-26(31)34-17-24(32)30-21-10-6-8-20(15-21)25(33)29-16-22-9-3-4-12-27-22/h3-15H,16-17H2,1-2H3,(H,29,33)(H,30,32). The number of hydrogen-bond acceptors (Lipinski definition) is 5. The van der Waals surface area contributed by atoms with E-state index in [2.05, 4.69) is 40.5 Å². The maximum Gasteiger partial charge on any atom is 0.251 e. The maximum atomic E-state index is 12.6. The summed E-state index contributed by atoms with van der Waals surface area (Å²) in [5.74, 6) is -0.212. The van der Waals surface area contributed by atoms with Crippen LogP contribution < -0.4 is 10.6 Å². The fraction of sp³-hybridized carbons (Fsp3) is 0.154. The summed E-state index contributed by atoms with van der Waals surface area (Å²) in [6.07, 6.45) is 5.31. The van der Waals surface area contributed by atoms with E-state index in [1.807, 2.05) is 41.1 Å². The average Bonchev–Trinajstić information content (AvgIpc) is 3.32. The Kier molecular flexibility index (Phi) is 7.39. The molecular weight excluding hydrogens is 446 g/mol. The van der Waals surface area contributed by atoms with Gasteiger partial charge in [-0.05, 0) is 61.4 Å². The van der Waals surface area contributed by atoms with Crippen molar-refractivity contribution in [2.75, 3.05) is 11.1 Å². The fourth-order valence-corrected chi connectivity index (χ4v) is 4.18. The topological polar surface area (TPSA) is 88.9 Å². The predicted molar refractivity (Wildman–Crippen MR) is 134 cm³/mol. The number of pyridine rings is 1. The van der Waals surface area contributed by atoms with E-state index in [4.69, 9.17) is 0 Å². The summed E-state index contributed by atoms with van der Waals surface area (Å²) in [6, 6.07) is 18.5. The van der Waals surface area contributed by atoms with E-state index in [1.165, 1.54) is 22.9 Å². The number of amides is 2. The lowest BCUT2D eigenvalue weighted by atomic mass is 10.1. The fourth-order valence-electron chi connectivity index (χ4n) is 3.42. The summed E-state index contributed by atoms with van der Waals surface area (Å²) >= 11 is 1.36. The van der Waals surface area contributed by atoms with Gasteiger partial charge in [0.25, 0.3) is 5.91 Å². The van der Waals surface area contributed by atoms with Gasteiger partial charge in [-0.2, -0.15) is 0 Å². The molecule has 4 rings (SSSR count). The van der Waals surface area contributed by atoms with Crippen molar-refractivity contribution < 1.29 is 9.59 Å². The third kappa shape index (κ3) is 5.71. The van der Waals surface area contributed by atoms with Gasteiger partial charge in [0, 0.05) is 29.8 Å². The zero-order valence-corrected chi connectivity index (χ0v) is 19.8. The van der Waals surface area contributed by atoms with Crippen molar-refractivity contribution in [3.8, 4) is 5.69 Å². The van der Waals surface area contributed by atoms with E-state index in [0.29, 0.717) is 17.8 Å². The van der Waals surface area contributed by atoms with Gasteiger partial charge in [-0.1, -0.05) is 36.0 Å². The van der Waals surface area contributed by atoms with Gasteiger partial charge < -0.3 is 10.6 Å². The molecule has 4 aromatic rings. The van der Waals surface area contributed by atoms with Crippen LogP contribution in [0.3, 0.4) is 0 Å². The largest absolute Gasteiger partial charge is 0.346 e. The summed E-state index contributed by atoms with van der Waals surface area (Å²) in [6.45, 7) is 4.48. The maximum absolute atomic E-state index is 12.6. The number of nitrogens with one attached hydrogen (secondary N) is 2. The van der Waals surface area contributed by atoms with Crippen LogP contribution in [-0.2, 0) is 11.3 Å². The van der Waals surface area contributed by atoms with Crippen LogP contribution in [-0.4, -0.2) is 32.1 Å². The monoisotopic (exact) mass is 471 g/mol. The van der Waals surface area contributed by atoms with Crippen LogP contribution >= 0.6 is 11.8 Å². The smallest absolute Gasteiger partial charge is 0.251 e. The number of rotatable bonds is 8. The van der Waals surface area contributed by atoms with Crippen LogP contribution in [0.1, 0.15) is 27.2 Å². The van der Waals surface area contributed by atoms with Crippen molar-refractivity contribution in [1.29, 1.82) is 0 Å². The average molecular weight is 472 g/mol. The normalized spacial score (nSPS) is 10.6. The van der Waals surface area contributed by atoms with Crippen molar-refractivity contribution in [2.24, 2.45) is 0 Å². The molecule has 2 aromatic heterocycles. The predicted octanol–water partition coefficient (Wildman–Crippen LogP) is 4.54. The molecule has 7 nitrogen and oxygen atoms in total. The molecule has 2 N–H and O–H groups in total. The number of carbonyl (C=O) groups is 2. The molecule has 2 aromatic carbocycles. The minimum atomic E-state index is -0.230. The first-order valence-electron chi connectivity index (χ1n) is 10.8. The molecule has 0 aliphatic carbocycles. The number of thioether (sulfide) groups is 1. The zero-order valence-electron chi connectivity index (χ0n) is 19.0. The molecule has 0 aliphatic rings. The number of nitrogens with zero attached hydrogens (tertiary/aromatic N) is 3. The van der Waals surface area contributed by atoms with Crippen molar-refractivity contribution in [3.05, 3.63) is 102 Å². The molecule has 0 radical (unpaired) electrons. The van der Waals surface area contributed by atoms with Crippen LogP contribution in [0.5, 0.6) is 0 Å². The molecule has 0 atom stereocenters. The van der Waals surface area contributed by atoms with E-state index < -0.39 is 0 Å². The second-order valence-electron chi connectivity index (χ2n) is 7.72. The van der Waals surface area contributed by atoms with Gasteiger partial charge in [-0.25, -0.2) is 4.98 Å². The SMILES string of the molecule is Cc1cccc(-n2ccnc2SCC(=O)Nc2cccc(C(=O)NCc3ccccn3)c2)c1C. The highest BCUT2D eigenvalue weighted by Gasteiger charge is 2.12. The van der Waals surface area contributed by atoms with Crippen LogP contribution in [0, 0.1) is 13.8 Å². The summed E-state index contributed by atoms with van der Waals surface area (Å²) in [5, 5.41) is 6.45. The van der Waals surface area contributed by atoms with E-state index in [9.17, 15) is 9.59 Å². The summed E-state index contributed by atoms with van der Waals surface area (Å²) in [4.78, 5) is 33.7. The van der Waals surface area contributed by atoms with Gasteiger partial charge in [-0.15, -0.1) is 0 Å². The number of anilines is 1. The quantitative estimate of drug-likeness (QED) is 0.368. The summed E-state index contributed by atoms with van der Waals surface area (Å²) in [5.41, 5.74) is 5.22. The van der Waals surface area contributed by atoms with Gasteiger partial charge >= 0.3 is 0 Å². The molecule has 0 aliphatic heterocycles. The van der Waals surface area contributed by atoms with E-state index >= 15 is 0 Å². The summed E-state index contributed by atoms with van der Waals surface area (Å²) < 4.78 is 1.99. The van der Waals surface area contributed by atoms with Gasteiger partial charge in [0.2, 0.25) is 5.91 Å². The lowest BCUT2D eigenvalue weighted by Crippen LogP contribution is -2.23. The van der Waals surface area contributed by atoms with Crippen molar-refractivity contribution in [1.82, 2.24) is 19.9 Å². The molecule has 172 valence electrons. The third-order valence-corrected chi connectivity index (χ3v) is 6.31. The van der Waals surface area contributed by atoms with E-state index in [0.717, 1.165) is 16.5 Å². The second kappa shape index (κ2) is 10.8. The Hall–Kier alpha value is -3.91. The van der Waals surface area contributed by atoms with Crippen LogP contribution in [0.25, 0.3) is 5.69 Å². The number of carbonyl (C=O) groups excluding carboxylic acids is 2. The Bertz CT molecular complexity index is 1300. The van der Waals surface area contributed by atoms with E-state index in [1.54, 1.807) is 36.7 Å². The highest BCUT2D eigenvalue weighted by Crippen LogP contribution is 2.24. The third-order valence-electron chi connectivity index (χ3n) is 5.34. The minimum absolute atomic E-state index is 0.174. The zero-order chi connectivity index (χ0) is 23.9. The molecule has 8 heteroatoms. The molecule has 0 unspecified atom stereocenters. The Morgan fingerprint density at radius 3 is 2.65 bits per heavy atom. The first kappa shape index (κ1) is 23.3.